The maximum atomic E-state index is 13.1. The summed E-state index contributed by atoms with van der Waals surface area (Å²) in [7, 11) is 2.22. The van der Waals surface area contributed by atoms with E-state index in [9.17, 15) is 4.79 Å². The molecule has 1 aromatic heterocycles. The van der Waals surface area contributed by atoms with Crippen LogP contribution >= 0.6 is 0 Å². The fourth-order valence-electron chi connectivity index (χ4n) is 6.80. The van der Waals surface area contributed by atoms with Gasteiger partial charge < -0.3 is 20.9 Å². The van der Waals surface area contributed by atoms with Gasteiger partial charge in [-0.25, -0.2) is 9.97 Å². The van der Waals surface area contributed by atoms with E-state index in [0.717, 1.165) is 30.8 Å². The molecule has 5 rings (SSSR count). The second kappa shape index (κ2) is 9.41. The van der Waals surface area contributed by atoms with E-state index in [4.69, 9.17) is 0 Å². The molecular formula is C28H40N6O. The minimum atomic E-state index is -0.111. The van der Waals surface area contributed by atoms with Crippen LogP contribution in [-0.2, 0) is 0 Å². The van der Waals surface area contributed by atoms with Gasteiger partial charge in [-0.15, -0.1) is 0 Å². The highest BCUT2D eigenvalue weighted by molar-refractivity contribution is 5.92. The molecule has 0 spiro atoms. The third-order valence-corrected chi connectivity index (χ3v) is 9.45. The van der Waals surface area contributed by atoms with Crippen molar-refractivity contribution in [3.63, 3.8) is 0 Å². The molecule has 4 atom stereocenters. The van der Waals surface area contributed by atoms with Gasteiger partial charge in [0.25, 0.3) is 5.91 Å². The molecule has 1 amide bonds. The van der Waals surface area contributed by atoms with Crippen LogP contribution in [0.1, 0.15) is 69.8 Å². The van der Waals surface area contributed by atoms with Crippen LogP contribution in [0.3, 0.4) is 0 Å². The molecule has 1 aromatic carbocycles. The number of carbonyl (C=O) groups excluding carboxylic acids is 1. The van der Waals surface area contributed by atoms with Gasteiger partial charge in [-0.3, -0.25) is 4.79 Å². The molecule has 1 aliphatic heterocycles. The van der Waals surface area contributed by atoms with E-state index in [2.05, 4.69) is 70.8 Å². The number of nitrogens with zero attached hydrogens (tertiary/aromatic N) is 3. The average molecular weight is 477 g/mol. The number of rotatable bonds is 8. The summed E-state index contributed by atoms with van der Waals surface area (Å²) in [6.45, 7) is 9.25. The van der Waals surface area contributed by atoms with Gasteiger partial charge in [0.15, 0.2) is 0 Å². The van der Waals surface area contributed by atoms with E-state index in [0.29, 0.717) is 29.0 Å². The molecular weight excluding hydrogens is 436 g/mol. The lowest BCUT2D eigenvalue weighted by Gasteiger charge is -2.33. The first kappa shape index (κ1) is 24.0. The molecule has 2 aromatic rings. The van der Waals surface area contributed by atoms with Crippen LogP contribution in [0.25, 0.3) is 0 Å². The number of fused-ring (bicyclic) bond motifs is 2. The van der Waals surface area contributed by atoms with E-state index in [1.807, 2.05) is 12.1 Å². The van der Waals surface area contributed by atoms with Crippen molar-refractivity contribution < 1.29 is 4.79 Å². The number of hydrogen-bond donors (Lipinski definition) is 3. The monoisotopic (exact) mass is 476 g/mol. The lowest BCUT2D eigenvalue weighted by atomic mass is 9.71. The summed E-state index contributed by atoms with van der Waals surface area (Å²) in [5.41, 5.74) is 2.93. The number of anilines is 3. The lowest BCUT2D eigenvalue weighted by molar-refractivity contribution is 0.0912. The Bertz CT molecular complexity index is 1070. The SMILES string of the molecule is CN1CCCC1CCNc1cccc(Nc2nccc(C(=O)NC3CC4(C)CCC3C4(C)C)n2)c1. The molecule has 2 saturated carbocycles. The Kier molecular flexibility index (Phi) is 6.47. The van der Waals surface area contributed by atoms with Crippen molar-refractivity contribution in [2.24, 2.45) is 16.7 Å². The number of carbonyl (C=O) groups is 1. The Balaban J connectivity index is 1.18. The molecule has 7 nitrogen and oxygen atoms in total. The zero-order valence-corrected chi connectivity index (χ0v) is 21.6. The Hall–Kier alpha value is -2.67. The Morgan fingerprint density at radius 3 is 2.71 bits per heavy atom. The first-order chi connectivity index (χ1) is 16.7. The molecule has 35 heavy (non-hydrogen) atoms. The maximum absolute atomic E-state index is 13.1. The smallest absolute Gasteiger partial charge is 0.270 e. The van der Waals surface area contributed by atoms with E-state index in [1.54, 1.807) is 12.3 Å². The molecule has 4 unspecified atom stereocenters. The van der Waals surface area contributed by atoms with Crippen LogP contribution in [0.4, 0.5) is 17.3 Å². The molecule has 3 fully saturated rings. The van der Waals surface area contributed by atoms with Crippen LogP contribution in [-0.4, -0.2) is 53.0 Å². The third-order valence-electron chi connectivity index (χ3n) is 9.45. The van der Waals surface area contributed by atoms with Gasteiger partial charge in [0.2, 0.25) is 5.95 Å². The zero-order valence-electron chi connectivity index (χ0n) is 21.6. The van der Waals surface area contributed by atoms with Gasteiger partial charge in [0.1, 0.15) is 5.69 Å². The standard InChI is InChI=1S/C28H40N6O/c1-27(2)22-10-13-28(27,3)18-24(22)32-25(35)23-12-15-30-26(33-23)31-20-8-5-7-19(17-20)29-14-11-21-9-6-16-34(21)4/h5,7-8,12,15,17,21-22,24,29H,6,9-11,13-14,16,18H2,1-4H3,(H,32,35)(H,30,31,33). The number of amides is 1. The van der Waals surface area contributed by atoms with Crippen molar-refractivity contribution in [2.75, 3.05) is 30.8 Å². The van der Waals surface area contributed by atoms with E-state index in [-0.39, 0.29) is 17.4 Å². The number of likely N-dealkylation sites (tertiary alicyclic amines) is 1. The Morgan fingerprint density at radius 1 is 1.17 bits per heavy atom. The van der Waals surface area contributed by atoms with Gasteiger partial charge in [-0.05, 0) is 93.1 Å². The summed E-state index contributed by atoms with van der Waals surface area (Å²) in [6.07, 6.45) is 8.87. The predicted molar refractivity (Wildman–Crippen MR) is 141 cm³/mol. The third kappa shape index (κ3) is 4.75. The lowest BCUT2D eigenvalue weighted by Crippen LogP contribution is -2.40. The molecule has 2 aliphatic carbocycles. The second-order valence-electron chi connectivity index (χ2n) is 11.7. The summed E-state index contributed by atoms with van der Waals surface area (Å²) in [5.74, 6) is 0.850. The number of benzene rings is 1. The predicted octanol–water partition coefficient (Wildman–Crippen LogP) is 5.06. The maximum Gasteiger partial charge on any atom is 0.270 e. The molecule has 3 aliphatic rings. The average Bonchev–Trinajstić information content (AvgIpc) is 3.39. The highest BCUT2D eigenvalue weighted by Crippen LogP contribution is 2.65. The first-order valence-corrected chi connectivity index (χ1v) is 13.2. The summed E-state index contributed by atoms with van der Waals surface area (Å²) in [6, 6.07) is 10.7. The van der Waals surface area contributed by atoms with Crippen LogP contribution in [0.2, 0.25) is 0 Å². The summed E-state index contributed by atoms with van der Waals surface area (Å²) in [4.78, 5) is 24.4. The number of nitrogens with one attached hydrogen (secondary N) is 3. The number of hydrogen-bond acceptors (Lipinski definition) is 6. The Morgan fingerprint density at radius 2 is 2.00 bits per heavy atom. The van der Waals surface area contributed by atoms with Crippen LogP contribution in [0, 0.1) is 16.7 Å². The van der Waals surface area contributed by atoms with Crippen molar-refractivity contribution in [1.82, 2.24) is 20.2 Å². The minimum absolute atomic E-state index is 0.111. The molecule has 2 heterocycles. The normalized spacial score (nSPS) is 29.3. The minimum Gasteiger partial charge on any atom is -0.385 e. The molecule has 3 N–H and O–H groups in total. The topological polar surface area (TPSA) is 82.2 Å². The van der Waals surface area contributed by atoms with Crippen molar-refractivity contribution in [3.05, 3.63) is 42.2 Å². The van der Waals surface area contributed by atoms with Gasteiger partial charge in [0, 0.05) is 36.2 Å². The first-order valence-electron chi connectivity index (χ1n) is 13.2. The highest BCUT2D eigenvalue weighted by Gasteiger charge is 2.60. The van der Waals surface area contributed by atoms with Gasteiger partial charge in [-0.2, -0.15) is 0 Å². The van der Waals surface area contributed by atoms with Crippen molar-refractivity contribution >= 4 is 23.2 Å². The van der Waals surface area contributed by atoms with Gasteiger partial charge >= 0.3 is 0 Å². The molecule has 7 heteroatoms. The fourth-order valence-corrected chi connectivity index (χ4v) is 6.80. The molecule has 188 valence electrons. The van der Waals surface area contributed by atoms with Crippen LogP contribution < -0.4 is 16.0 Å². The second-order valence-corrected chi connectivity index (χ2v) is 11.7. The van der Waals surface area contributed by atoms with Crippen molar-refractivity contribution in [3.8, 4) is 0 Å². The van der Waals surface area contributed by atoms with Crippen molar-refractivity contribution in [2.45, 2.75) is 71.4 Å². The van der Waals surface area contributed by atoms with Crippen molar-refractivity contribution in [1.29, 1.82) is 0 Å². The van der Waals surface area contributed by atoms with Gasteiger partial charge in [-0.1, -0.05) is 26.8 Å². The summed E-state index contributed by atoms with van der Waals surface area (Å²) < 4.78 is 0. The summed E-state index contributed by atoms with van der Waals surface area (Å²) >= 11 is 0. The molecule has 1 saturated heterocycles. The summed E-state index contributed by atoms with van der Waals surface area (Å²) in [5, 5.41) is 10.1. The zero-order chi connectivity index (χ0) is 24.6. The van der Waals surface area contributed by atoms with E-state index >= 15 is 0 Å². The number of aromatic nitrogens is 2. The fraction of sp³-hybridized carbons (Fsp3) is 0.607. The Labute approximate surface area is 209 Å². The quantitative estimate of drug-likeness (QED) is 0.494. The van der Waals surface area contributed by atoms with Crippen LogP contribution in [0.5, 0.6) is 0 Å². The largest absolute Gasteiger partial charge is 0.385 e. The van der Waals surface area contributed by atoms with Crippen LogP contribution in [0.15, 0.2) is 36.5 Å². The van der Waals surface area contributed by atoms with Gasteiger partial charge in [0.05, 0.1) is 0 Å². The van der Waals surface area contributed by atoms with E-state index in [1.165, 1.54) is 32.2 Å². The highest BCUT2D eigenvalue weighted by atomic mass is 16.2. The van der Waals surface area contributed by atoms with E-state index < -0.39 is 0 Å². The molecule has 2 bridgehead atoms. The molecule has 0 radical (unpaired) electrons.